The van der Waals surface area contributed by atoms with Gasteiger partial charge in [0, 0.05) is 25.0 Å². The first-order valence-electron chi connectivity index (χ1n) is 6.65. The van der Waals surface area contributed by atoms with Gasteiger partial charge >= 0.3 is 6.03 Å². The second-order valence-corrected chi connectivity index (χ2v) is 5.69. The Bertz CT molecular complexity index is 802. The van der Waals surface area contributed by atoms with Crippen LogP contribution in [0.3, 0.4) is 0 Å². The van der Waals surface area contributed by atoms with Gasteiger partial charge in [-0.25, -0.2) is 9.78 Å². The maximum absolute atomic E-state index is 12.6. The van der Waals surface area contributed by atoms with Gasteiger partial charge in [0.05, 0.1) is 27.6 Å². The van der Waals surface area contributed by atoms with Gasteiger partial charge in [-0.15, -0.1) is 11.3 Å². The minimum absolute atomic E-state index is 0.0161. The molecule has 0 atom stereocenters. The summed E-state index contributed by atoms with van der Waals surface area (Å²) in [7, 11) is 0. The molecule has 0 unspecified atom stereocenters. The third-order valence-corrected chi connectivity index (χ3v) is 4.40. The summed E-state index contributed by atoms with van der Waals surface area (Å²) in [5.41, 5.74) is 4.48. The minimum Gasteiger partial charge on any atom is -0.292 e. The van der Waals surface area contributed by atoms with Crippen LogP contribution in [-0.2, 0) is 0 Å². The zero-order valence-corrected chi connectivity index (χ0v) is 12.0. The fourth-order valence-electron chi connectivity index (χ4n) is 2.54. The predicted octanol–water partition coefficient (Wildman–Crippen LogP) is 3.14. The summed E-state index contributed by atoms with van der Waals surface area (Å²) < 4.78 is 1.13. The van der Waals surface area contributed by atoms with E-state index in [-0.39, 0.29) is 6.03 Å². The van der Waals surface area contributed by atoms with Gasteiger partial charge in [0.2, 0.25) is 0 Å². The molecule has 0 bridgehead atoms. The highest BCUT2D eigenvalue weighted by Crippen LogP contribution is 2.28. The van der Waals surface area contributed by atoms with E-state index in [1.807, 2.05) is 35.8 Å². The van der Waals surface area contributed by atoms with Crippen molar-refractivity contribution in [2.24, 2.45) is 0 Å². The van der Waals surface area contributed by atoms with Gasteiger partial charge in [-0.05, 0) is 30.3 Å². The number of nitrogens with zero attached hydrogens (tertiary/aromatic N) is 4. The summed E-state index contributed by atoms with van der Waals surface area (Å²) in [6, 6.07) is 9.69. The van der Waals surface area contributed by atoms with E-state index >= 15 is 0 Å². The Morgan fingerprint density at radius 1 is 1.10 bits per heavy atom. The number of anilines is 2. The van der Waals surface area contributed by atoms with Crippen molar-refractivity contribution < 1.29 is 4.79 Å². The molecule has 0 aliphatic carbocycles. The van der Waals surface area contributed by atoms with Crippen molar-refractivity contribution in [2.45, 2.75) is 0 Å². The lowest BCUT2D eigenvalue weighted by molar-refractivity contribution is 0.256. The Kier molecular flexibility index (Phi) is 2.82. The van der Waals surface area contributed by atoms with Gasteiger partial charge in [-0.1, -0.05) is 0 Å². The molecule has 1 aliphatic rings. The van der Waals surface area contributed by atoms with E-state index in [9.17, 15) is 4.79 Å². The van der Waals surface area contributed by atoms with Crippen molar-refractivity contribution in [2.75, 3.05) is 22.9 Å². The average molecular weight is 296 g/mol. The Labute approximate surface area is 125 Å². The molecule has 2 aromatic heterocycles. The van der Waals surface area contributed by atoms with Crippen molar-refractivity contribution >= 4 is 39.0 Å². The smallest absolute Gasteiger partial charge is 0.292 e. The van der Waals surface area contributed by atoms with Gasteiger partial charge in [0.1, 0.15) is 0 Å². The molecule has 0 radical (unpaired) electrons. The Morgan fingerprint density at radius 3 is 2.76 bits per heavy atom. The fraction of sp³-hybridized carbons (Fsp3) is 0.133. The largest absolute Gasteiger partial charge is 0.329 e. The Morgan fingerprint density at radius 2 is 1.95 bits per heavy atom. The molecule has 104 valence electrons. The van der Waals surface area contributed by atoms with E-state index in [2.05, 4.69) is 9.97 Å². The van der Waals surface area contributed by atoms with Gasteiger partial charge in [0.15, 0.2) is 0 Å². The van der Waals surface area contributed by atoms with Gasteiger partial charge in [0.25, 0.3) is 0 Å². The third-order valence-electron chi connectivity index (χ3n) is 3.59. The molecule has 3 heterocycles. The number of carbonyl (C=O) groups excluding carboxylic acids is 1. The molecule has 1 fully saturated rings. The summed E-state index contributed by atoms with van der Waals surface area (Å²) >= 11 is 1.60. The molecule has 1 aliphatic heterocycles. The first-order chi connectivity index (χ1) is 10.3. The minimum atomic E-state index is -0.0161. The maximum atomic E-state index is 12.6. The van der Waals surface area contributed by atoms with E-state index in [0.717, 1.165) is 21.6 Å². The van der Waals surface area contributed by atoms with Crippen molar-refractivity contribution in [3.05, 3.63) is 48.2 Å². The van der Waals surface area contributed by atoms with Crippen molar-refractivity contribution in [3.63, 3.8) is 0 Å². The van der Waals surface area contributed by atoms with Gasteiger partial charge in [-0.2, -0.15) is 0 Å². The quantitative estimate of drug-likeness (QED) is 0.730. The van der Waals surface area contributed by atoms with Crippen LogP contribution in [0.1, 0.15) is 0 Å². The number of urea groups is 1. The second kappa shape index (κ2) is 4.82. The number of thiazole rings is 1. The van der Waals surface area contributed by atoms with Crippen molar-refractivity contribution in [3.8, 4) is 0 Å². The van der Waals surface area contributed by atoms with Crippen LogP contribution in [0.5, 0.6) is 0 Å². The van der Waals surface area contributed by atoms with Crippen LogP contribution in [0.15, 0.2) is 48.2 Å². The normalized spacial score (nSPS) is 15.1. The van der Waals surface area contributed by atoms with E-state index < -0.39 is 0 Å². The van der Waals surface area contributed by atoms with Crippen LogP contribution in [0.4, 0.5) is 16.2 Å². The molecule has 2 amide bonds. The van der Waals surface area contributed by atoms with E-state index in [1.165, 1.54) is 0 Å². The predicted molar refractivity (Wildman–Crippen MR) is 83.9 cm³/mol. The first-order valence-corrected chi connectivity index (χ1v) is 7.53. The summed E-state index contributed by atoms with van der Waals surface area (Å²) in [5, 5.41) is 0. The molecule has 4 rings (SSSR count). The number of amides is 2. The molecule has 0 spiro atoms. The third kappa shape index (κ3) is 2.04. The highest BCUT2D eigenvalue weighted by Gasteiger charge is 2.30. The monoisotopic (exact) mass is 296 g/mol. The van der Waals surface area contributed by atoms with E-state index in [4.69, 9.17) is 0 Å². The van der Waals surface area contributed by atoms with E-state index in [1.54, 1.807) is 33.5 Å². The fourth-order valence-corrected chi connectivity index (χ4v) is 3.20. The molecule has 1 saturated heterocycles. The van der Waals surface area contributed by atoms with Crippen LogP contribution in [-0.4, -0.2) is 29.1 Å². The van der Waals surface area contributed by atoms with Gasteiger partial charge < -0.3 is 0 Å². The number of pyridine rings is 1. The molecule has 6 heteroatoms. The summed E-state index contributed by atoms with van der Waals surface area (Å²) in [5.74, 6) is 0. The molecule has 1 aromatic carbocycles. The lowest BCUT2D eigenvalue weighted by Crippen LogP contribution is -2.31. The Balaban J connectivity index is 1.66. The van der Waals surface area contributed by atoms with Crippen LogP contribution >= 0.6 is 11.3 Å². The lowest BCUT2D eigenvalue weighted by atomic mass is 10.3. The number of rotatable bonds is 2. The number of hydrogen-bond acceptors (Lipinski definition) is 4. The van der Waals surface area contributed by atoms with Crippen molar-refractivity contribution in [1.82, 2.24) is 9.97 Å². The summed E-state index contributed by atoms with van der Waals surface area (Å²) in [4.78, 5) is 24.5. The zero-order valence-electron chi connectivity index (χ0n) is 11.1. The molecule has 5 nitrogen and oxygen atoms in total. The van der Waals surface area contributed by atoms with Crippen LogP contribution in [0.25, 0.3) is 10.2 Å². The number of aromatic nitrogens is 2. The van der Waals surface area contributed by atoms with Crippen LogP contribution in [0, 0.1) is 0 Å². The van der Waals surface area contributed by atoms with Crippen molar-refractivity contribution in [1.29, 1.82) is 0 Å². The molecular weight excluding hydrogens is 284 g/mol. The zero-order chi connectivity index (χ0) is 14.2. The molecule has 3 aromatic rings. The highest BCUT2D eigenvalue weighted by atomic mass is 32.1. The number of benzene rings is 1. The first kappa shape index (κ1) is 12.3. The molecular formula is C15H12N4OS. The van der Waals surface area contributed by atoms with Crippen LogP contribution in [0.2, 0.25) is 0 Å². The lowest BCUT2D eigenvalue weighted by Gasteiger charge is -2.18. The highest BCUT2D eigenvalue weighted by molar-refractivity contribution is 7.16. The second-order valence-electron chi connectivity index (χ2n) is 4.80. The average Bonchev–Trinajstić information content (AvgIpc) is 3.13. The number of hydrogen-bond donors (Lipinski definition) is 0. The van der Waals surface area contributed by atoms with Gasteiger partial charge in [-0.3, -0.25) is 14.8 Å². The standard InChI is InChI=1S/C15H12N4OS/c20-15-18(6-7-19(15)12-2-1-5-16-9-12)11-3-4-14-13(8-11)17-10-21-14/h1-5,8-10H,6-7H2. The molecule has 21 heavy (non-hydrogen) atoms. The topological polar surface area (TPSA) is 49.3 Å². The number of carbonyl (C=O) groups is 1. The maximum Gasteiger partial charge on any atom is 0.329 e. The SMILES string of the molecule is O=C1N(c2cccnc2)CCN1c1ccc2scnc2c1. The molecule has 0 saturated carbocycles. The summed E-state index contributed by atoms with van der Waals surface area (Å²) in [6.45, 7) is 1.34. The molecule has 0 N–H and O–H groups in total. The number of fused-ring (bicyclic) bond motifs is 1. The Hall–Kier alpha value is -2.47. The van der Waals surface area contributed by atoms with E-state index in [0.29, 0.717) is 13.1 Å². The van der Waals surface area contributed by atoms with Crippen LogP contribution < -0.4 is 9.80 Å². The summed E-state index contributed by atoms with van der Waals surface area (Å²) in [6.07, 6.45) is 3.42.